The highest BCUT2D eigenvalue weighted by atomic mass is 79.9. The quantitative estimate of drug-likeness (QED) is 0.453. The van der Waals surface area contributed by atoms with Crippen LogP contribution in [0.25, 0.3) is 0 Å². The summed E-state index contributed by atoms with van der Waals surface area (Å²) in [6, 6.07) is 0.485. The number of hydrogen-bond donors (Lipinski definition) is 2. The molecule has 1 aliphatic heterocycles. The molecule has 0 spiro atoms. The second kappa shape index (κ2) is 9.64. The number of amides is 1. The number of nitrogens with zero attached hydrogens (tertiary/aromatic N) is 1. The Morgan fingerprint density at radius 3 is 2.52 bits per heavy atom. The van der Waals surface area contributed by atoms with Gasteiger partial charge in [0.25, 0.3) is 0 Å². The summed E-state index contributed by atoms with van der Waals surface area (Å²) < 4.78 is 51.3. The summed E-state index contributed by atoms with van der Waals surface area (Å²) in [6.07, 6.45) is -4.70. The standard InChI is InChI=1S/C20H27BrF3N3O4/c1-5-30-17(28)12-8-14(20(22,23)24)13(15(21)16(12)25)10-27-7-6-11(9-27)26-18(29)31-19(2,3)4/h8,11H,5-7,9-10,25H2,1-4H3,(H,26,29)/t11-/m1/s1. The first-order chi connectivity index (χ1) is 14.2. The predicted octanol–water partition coefficient (Wildman–Crippen LogP) is 4.33. The molecule has 0 aliphatic carbocycles. The number of alkyl carbamates (subject to hydrolysis) is 1. The Balaban J connectivity index is 2.22. The van der Waals surface area contributed by atoms with Gasteiger partial charge >= 0.3 is 18.2 Å². The van der Waals surface area contributed by atoms with Crippen LogP contribution in [-0.2, 0) is 22.2 Å². The van der Waals surface area contributed by atoms with Crippen molar-refractivity contribution in [1.29, 1.82) is 0 Å². The highest BCUT2D eigenvalue weighted by Crippen LogP contribution is 2.40. The lowest BCUT2D eigenvalue weighted by atomic mass is 10.0. The number of anilines is 1. The highest BCUT2D eigenvalue weighted by molar-refractivity contribution is 9.10. The van der Waals surface area contributed by atoms with E-state index in [9.17, 15) is 22.8 Å². The average Bonchev–Trinajstić information content (AvgIpc) is 3.03. The molecule has 0 bridgehead atoms. The molecule has 1 atom stereocenters. The first-order valence-electron chi connectivity index (χ1n) is 9.80. The Labute approximate surface area is 187 Å². The third-order valence-electron chi connectivity index (χ3n) is 4.58. The van der Waals surface area contributed by atoms with Crippen LogP contribution in [0.4, 0.5) is 23.7 Å². The Morgan fingerprint density at radius 1 is 1.32 bits per heavy atom. The van der Waals surface area contributed by atoms with E-state index in [4.69, 9.17) is 15.2 Å². The number of ether oxygens (including phenoxy) is 2. The van der Waals surface area contributed by atoms with Crippen LogP contribution in [0.1, 0.15) is 55.6 Å². The number of hydrogen-bond acceptors (Lipinski definition) is 6. The minimum atomic E-state index is -4.69. The van der Waals surface area contributed by atoms with E-state index in [1.807, 2.05) is 0 Å². The first kappa shape index (κ1) is 25.3. The molecule has 1 amide bonds. The molecule has 0 unspecified atom stereocenters. The number of rotatable bonds is 5. The van der Waals surface area contributed by atoms with Crippen LogP contribution in [0.5, 0.6) is 0 Å². The van der Waals surface area contributed by atoms with Gasteiger partial charge in [-0.05, 0) is 61.7 Å². The van der Waals surface area contributed by atoms with Crippen molar-refractivity contribution >= 4 is 33.7 Å². The van der Waals surface area contributed by atoms with Crippen molar-refractivity contribution in [2.75, 3.05) is 25.4 Å². The summed E-state index contributed by atoms with van der Waals surface area (Å²) in [5.74, 6) is -0.916. The van der Waals surface area contributed by atoms with Gasteiger partial charge in [0.1, 0.15) is 5.60 Å². The van der Waals surface area contributed by atoms with Crippen LogP contribution in [0.15, 0.2) is 10.5 Å². The van der Waals surface area contributed by atoms with E-state index in [0.29, 0.717) is 19.5 Å². The van der Waals surface area contributed by atoms with Gasteiger partial charge in [-0.1, -0.05) is 0 Å². The average molecular weight is 510 g/mol. The summed E-state index contributed by atoms with van der Waals surface area (Å²) >= 11 is 3.14. The third-order valence-corrected chi connectivity index (χ3v) is 5.49. The lowest BCUT2D eigenvalue weighted by Crippen LogP contribution is -2.40. The molecular formula is C20H27BrF3N3O4. The molecule has 1 aromatic rings. The number of benzene rings is 1. The van der Waals surface area contributed by atoms with Crippen molar-refractivity contribution < 1.29 is 32.2 Å². The van der Waals surface area contributed by atoms with Crippen LogP contribution in [0, 0.1) is 0 Å². The van der Waals surface area contributed by atoms with Gasteiger partial charge in [-0.25, -0.2) is 9.59 Å². The molecule has 1 heterocycles. The molecule has 1 fully saturated rings. The zero-order valence-electron chi connectivity index (χ0n) is 17.9. The zero-order valence-corrected chi connectivity index (χ0v) is 19.4. The SMILES string of the molecule is CCOC(=O)c1cc(C(F)(F)F)c(CN2CC[C@@H](NC(=O)OC(C)(C)C)C2)c(Br)c1N. The van der Waals surface area contributed by atoms with E-state index in [1.165, 1.54) is 0 Å². The van der Waals surface area contributed by atoms with Crippen molar-refractivity contribution in [1.82, 2.24) is 10.2 Å². The molecule has 0 radical (unpaired) electrons. The second-order valence-electron chi connectivity index (χ2n) is 8.26. The fraction of sp³-hybridized carbons (Fsp3) is 0.600. The number of esters is 1. The topological polar surface area (TPSA) is 93.9 Å². The van der Waals surface area contributed by atoms with Crippen molar-refractivity contribution in [2.24, 2.45) is 0 Å². The molecule has 0 aromatic heterocycles. The monoisotopic (exact) mass is 509 g/mol. The summed E-state index contributed by atoms with van der Waals surface area (Å²) in [6.45, 7) is 7.56. The minimum Gasteiger partial charge on any atom is -0.462 e. The molecular weight excluding hydrogens is 483 g/mol. The molecule has 1 saturated heterocycles. The maximum absolute atomic E-state index is 13.8. The molecule has 3 N–H and O–H groups in total. The van der Waals surface area contributed by atoms with Crippen molar-refractivity contribution in [3.05, 3.63) is 27.2 Å². The lowest BCUT2D eigenvalue weighted by molar-refractivity contribution is -0.138. The number of halogens is 4. The molecule has 7 nitrogen and oxygen atoms in total. The van der Waals surface area contributed by atoms with E-state index in [1.54, 1.807) is 32.6 Å². The van der Waals surface area contributed by atoms with Gasteiger partial charge in [0.05, 0.1) is 23.4 Å². The zero-order chi connectivity index (χ0) is 23.6. The Bertz CT molecular complexity index is 840. The van der Waals surface area contributed by atoms with Gasteiger partial charge in [-0.2, -0.15) is 13.2 Å². The van der Waals surface area contributed by atoms with Gasteiger partial charge in [-0.15, -0.1) is 0 Å². The maximum atomic E-state index is 13.8. The van der Waals surface area contributed by atoms with Gasteiger partial charge in [0.15, 0.2) is 0 Å². The molecule has 1 aliphatic rings. The Morgan fingerprint density at radius 2 is 1.97 bits per heavy atom. The Kier molecular flexibility index (Phi) is 7.85. The second-order valence-corrected chi connectivity index (χ2v) is 9.06. The first-order valence-corrected chi connectivity index (χ1v) is 10.6. The van der Waals surface area contributed by atoms with Crippen molar-refractivity contribution in [2.45, 2.75) is 58.5 Å². The van der Waals surface area contributed by atoms with Crippen LogP contribution < -0.4 is 11.1 Å². The minimum absolute atomic E-state index is 0.00827. The molecule has 31 heavy (non-hydrogen) atoms. The normalized spacial score (nSPS) is 17.5. The van der Waals surface area contributed by atoms with Crippen molar-refractivity contribution in [3.63, 3.8) is 0 Å². The number of carbonyl (C=O) groups is 2. The molecule has 11 heteroatoms. The van der Waals surface area contributed by atoms with E-state index >= 15 is 0 Å². The van der Waals surface area contributed by atoms with E-state index in [-0.39, 0.29) is 40.5 Å². The molecule has 2 rings (SSSR count). The fourth-order valence-corrected chi connectivity index (χ4v) is 3.84. The van der Waals surface area contributed by atoms with Crippen LogP contribution in [0.2, 0.25) is 0 Å². The van der Waals surface area contributed by atoms with Crippen molar-refractivity contribution in [3.8, 4) is 0 Å². The third kappa shape index (κ3) is 6.73. The number of nitrogen functional groups attached to an aromatic ring is 1. The van der Waals surface area contributed by atoms with Gasteiger partial charge in [0.2, 0.25) is 0 Å². The number of carbonyl (C=O) groups excluding carboxylic acids is 2. The van der Waals surface area contributed by atoms with Gasteiger partial charge < -0.3 is 20.5 Å². The number of nitrogens with one attached hydrogen (secondary N) is 1. The van der Waals surface area contributed by atoms with Crippen LogP contribution in [0.3, 0.4) is 0 Å². The van der Waals surface area contributed by atoms with Crippen LogP contribution in [-0.4, -0.2) is 48.3 Å². The number of alkyl halides is 3. The predicted molar refractivity (Wildman–Crippen MR) is 113 cm³/mol. The van der Waals surface area contributed by atoms with E-state index in [0.717, 1.165) is 6.07 Å². The summed E-state index contributed by atoms with van der Waals surface area (Å²) in [7, 11) is 0. The van der Waals surface area contributed by atoms with E-state index < -0.39 is 29.4 Å². The summed E-state index contributed by atoms with van der Waals surface area (Å²) in [4.78, 5) is 25.8. The van der Waals surface area contributed by atoms with E-state index in [2.05, 4.69) is 21.2 Å². The van der Waals surface area contributed by atoms with Gasteiger partial charge in [0, 0.05) is 30.1 Å². The number of nitrogens with two attached hydrogens (primary N) is 1. The number of likely N-dealkylation sites (tertiary alicyclic amines) is 1. The molecule has 0 saturated carbocycles. The van der Waals surface area contributed by atoms with Gasteiger partial charge in [-0.3, -0.25) is 4.90 Å². The van der Waals surface area contributed by atoms with Crippen LogP contribution >= 0.6 is 15.9 Å². The summed E-state index contributed by atoms with van der Waals surface area (Å²) in [5, 5.41) is 2.74. The summed E-state index contributed by atoms with van der Waals surface area (Å²) in [5.41, 5.74) is 3.82. The highest BCUT2D eigenvalue weighted by Gasteiger charge is 2.38. The molecule has 1 aromatic carbocycles. The largest absolute Gasteiger partial charge is 0.462 e. The smallest absolute Gasteiger partial charge is 0.416 e. The fourth-order valence-electron chi connectivity index (χ4n) is 3.29. The Hall–Kier alpha value is -2.01. The maximum Gasteiger partial charge on any atom is 0.416 e. The lowest BCUT2D eigenvalue weighted by Gasteiger charge is -2.23. The molecule has 174 valence electrons.